The predicted octanol–water partition coefficient (Wildman–Crippen LogP) is 5.31. The van der Waals surface area contributed by atoms with Crippen molar-refractivity contribution >= 4 is 35.1 Å². The van der Waals surface area contributed by atoms with E-state index in [0.717, 1.165) is 6.42 Å². The van der Waals surface area contributed by atoms with Gasteiger partial charge in [-0.15, -0.1) is 0 Å². The Balaban J connectivity index is 1.83. The van der Waals surface area contributed by atoms with Crippen LogP contribution in [0.4, 0.5) is 16.3 Å². The van der Waals surface area contributed by atoms with E-state index in [1.807, 2.05) is 31.2 Å². The molecule has 1 amide bonds. The summed E-state index contributed by atoms with van der Waals surface area (Å²) in [6, 6.07) is 15.7. The van der Waals surface area contributed by atoms with Crippen LogP contribution in [0.25, 0.3) is 0 Å². The Labute approximate surface area is 184 Å². The fraction of sp³-hybridized carbons (Fsp3) is 0.174. The monoisotopic (exact) mass is 436 g/mol. The zero-order valence-electron chi connectivity index (χ0n) is 16.8. The second-order valence-electron chi connectivity index (χ2n) is 7.18. The van der Waals surface area contributed by atoms with Gasteiger partial charge in [-0.25, -0.2) is 9.59 Å². The van der Waals surface area contributed by atoms with Crippen LogP contribution in [0.1, 0.15) is 36.8 Å². The normalized spacial score (nSPS) is 15.2. The molecule has 0 saturated heterocycles. The fourth-order valence-corrected chi connectivity index (χ4v) is 4.07. The van der Waals surface area contributed by atoms with Gasteiger partial charge in [-0.1, -0.05) is 61.3 Å². The summed E-state index contributed by atoms with van der Waals surface area (Å²) < 4.78 is 1.22. The van der Waals surface area contributed by atoms with Crippen molar-refractivity contribution in [1.82, 2.24) is 9.78 Å². The second kappa shape index (κ2) is 8.65. The van der Waals surface area contributed by atoms with Crippen LogP contribution >= 0.6 is 11.6 Å². The highest BCUT2D eigenvalue weighted by Crippen LogP contribution is 2.44. The number of nitrogens with zero attached hydrogens (tertiary/aromatic N) is 2. The van der Waals surface area contributed by atoms with Gasteiger partial charge in [0.2, 0.25) is 0 Å². The van der Waals surface area contributed by atoms with E-state index < -0.39 is 17.9 Å². The zero-order chi connectivity index (χ0) is 22.0. The fourth-order valence-electron chi connectivity index (χ4n) is 3.82. The first-order chi connectivity index (χ1) is 15.0. The van der Waals surface area contributed by atoms with Gasteiger partial charge < -0.3 is 15.7 Å². The Morgan fingerprint density at radius 1 is 1.13 bits per heavy atom. The maximum absolute atomic E-state index is 12.9. The standard InChI is InChI=1S/C23H21ClN4O3/c1-2-8-18-20(22(29)30)19(15-11-6-7-12-17(15)24)16-13-25-28(21(16)27-18)23(31)26-14-9-4-3-5-10-14/h3-7,9-13,19,27H,2,8H2,1H3,(H,26,31)(H,29,30). The number of carboxylic acids is 1. The number of para-hydroxylation sites is 1. The first kappa shape index (κ1) is 20.7. The third-order valence-electron chi connectivity index (χ3n) is 5.16. The highest BCUT2D eigenvalue weighted by molar-refractivity contribution is 6.31. The van der Waals surface area contributed by atoms with Gasteiger partial charge in [-0.05, 0) is 30.2 Å². The molecule has 3 N–H and O–H groups in total. The Hall–Kier alpha value is -3.58. The lowest BCUT2D eigenvalue weighted by Gasteiger charge is -2.29. The molecule has 2 aromatic carbocycles. The molecule has 1 atom stereocenters. The lowest BCUT2D eigenvalue weighted by molar-refractivity contribution is -0.133. The molecular weight excluding hydrogens is 416 g/mol. The van der Waals surface area contributed by atoms with Gasteiger partial charge in [-0.2, -0.15) is 9.78 Å². The Morgan fingerprint density at radius 3 is 2.52 bits per heavy atom. The zero-order valence-corrected chi connectivity index (χ0v) is 17.6. The topological polar surface area (TPSA) is 96.2 Å². The van der Waals surface area contributed by atoms with Crippen LogP contribution in [0.2, 0.25) is 5.02 Å². The van der Waals surface area contributed by atoms with E-state index in [0.29, 0.717) is 39.8 Å². The van der Waals surface area contributed by atoms with E-state index in [-0.39, 0.29) is 5.57 Å². The number of rotatable bonds is 5. The van der Waals surface area contributed by atoms with Crippen LogP contribution in [0.5, 0.6) is 0 Å². The van der Waals surface area contributed by atoms with Crippen molar-refractivity contribution in [2.24, 2.45) is 0 Å². The molecule has 1 aliphatic heterocycles. The smallest absolute Gasteiger partial charge is 0.348 e. The molecular formula is C23H21ClN4O3. The molecule has 158 valence electrons. The number of anilines is 2. The number of carbonyl (C=O) groups is 2. The highest BCUT2D eigenvalue weighted by Gasteiger charge is 2.37. The van der Waals surface area contributed by atoms with E-state index in [4.69, 9.17) is 11.6 Å². The van der Waals surface area contributed by atoms with Crippen molar-refractivity contribution in [2.45, 2.75) is 25.7 Å². The molecule has 0 spiro atoms. The van der Waals surface area contributed by atoms with E-state index in [1.165, 1.54) is 10.9 Å². The Morgan fingerprint density at radius 2 is 1.84 bits per heavy atom. The first-order valence-electron chi connectivity index (χ1n) is 9.93. The summed E-state index contributed by atoms with van der Waals surface area (Å²) >= 11 is 6.45. The number of hydrogen-bond acceptors (Lipinski definition) is 4. The molecule has 1 unspecified atom stereocenters. The number of carboxylic acid groups (broad SMARTS) is 1. The van der Waals surface area contributed by atoms with E-state index in [2.05, 4.69) is 15.7 Å². The third kappa shape index (κ3) is 3.92. The Kier molecular flexibility index (Phi) is 5.77. The van der Waals surface area contributed by atoms with Crippen LogP contribution in [-0.2, 0) is 4.79 Å². The van der Waals surface area contributed by atoms with E-state index >= 15 is 0 Å². The third-order valence-corrected chi connectivity index (χ3v) is 5.50. The molecule has 1 aliphatic rings. The van der Waals surface area contributed by atoms with Crippen molar-refractivity contribution in [3.8, 4) is 0 Å². The molecule has 0 saturated carbocycles. The minimum absolute atomic E-state index is 0.213. The van der Waals surface area contributed by atoms with E-state index in [9.17, 15) is 14.7 Å². The molecule has 4 rings (SSSR count). The Bertz CT molecular complexity index is 1170. The summed E-state index contributed by atoms with van der Waals surface area (Å²) in [6.45, 7) is 1.97. The molecule has 0 bridgehead atoms. The summed E-state index contributed by atoms with van der Waals surface area (Å²) in [6.07, 6.45) is 2.76. The van der Waals surface area contributed by atoms with Crippen LogP contribution in [0.15, 0.2) is 72.1 Å². The molecule has 3 aromatic rings. The number of benzene rings is 2. The number of fused-ring (bicyclic) bond motifs is 1. The molecule has 0 radical (unpaired) electrons. The molecule has 0 fully saturated rings. The first-order valence-corrected chi connectivity index (χ1v) is 10.3. The van der Waals surface area contributed by atoms with Gasteiger partial charge in [0, 0.05) is 27.9 Å². The van der Waals surface area contributed by atoms with Gasteiger partial charge in [0.15, 0.2) is 0 Å². The number of aromatic nitrogens is 2. The van der Waals surface area contributed by atoms with Crippen molar-refractivity contribution in [3.05, 3.63) is 88.2 Å². The number of halogens is 1. The number of amides is 1. The second-order valence-corrected chi connectivity index (χ2v) is 7.59. The molecule has 1 aromatic heterocycles. The van der Waals surface area contributed by atoms with E-state index in [1.54, 1.807) is 30.3 Å². The van der Waals surface area contributed by atoms with Crippen molar-refractivity contribution < 1.29 is 14.7 Å². The summed E-state index contributed by atoms with van der Waals surface area (Å²) in [4.78, 5) is 25.2. The summed E-state index contributed by atoms with van der Waals surface area (Å²) in [5, 5.41) is 20.7. The van der Waals surface area contributed by atoms with Gasteiger partial charge in [0.25, 0.3) is 0 Å². The number of aliphatic carboxylic acids is 1. The van der Waals surface area contributed by atoms with Gasteiger partial charge in [-0.3, -0.25) is 0 Å². The lowest BCUT2D eigenvalue weighted by Crippen LogP contribution is -2.28. The van der Waals surface area contributed by atoms with Crippen molar-refractivity contribution in [3.63, 3.8) is 0 Å². The average molecular weight is 437 g/mol. The largest absolute Gasteiger partial charge is 0.478 e. The molecule has 8 heteroatoms. The van der Waals surface area contributed by atoms with Crippen molar-refractivity contribution in [1.29, 1.82) is 0 Å². The number of carbonyl (C=O) groups excluding carboxylic acids is 1. The summed E-state index contributed by atoms with van der Waals surface area (Å²) in [5.74, 6) is -1.25. The quantitative estimate of drug-likeness (QED) is 0.503. The summed E-state index contributed by atoms with van der Waals surface area (Å²) in [5.41, 5.74) is 2.62. The minimum atomic E-state index is -1.03. The maximum Gasteiger partial charge on any atom is 0.348 e. The maximum atomic E-state index is 12.9. The van der Waals surface area contributed by atoms with Crippen LogP contribution < -0.4 is 10.6 Å². The van der Waals surface area contributed by atoms with Crippen molar-refractivity contribution in [2.75, 3.05) is 10.6 Å². The van der Waals surface area contributed by atoms with Crippen LogP contribution in [-0.4, -0.2) is 26.9 Å². The van der Waals surface area contributed by atoms with Crippen LogP contribution in [0, 0.1) is 0 Å². The average Bonchev–Trinajstić information content (AvgIpc) is 3.18. The molecule has 0 aliphatic carbocycles. The van der Waals surface area contributed by atoms with Crippen LogP contribution in [0.3, 0.4) is 0 Å². The number of allylic oxidation sites excluding steroid dienone is 1. The van der Waals surface area contributed by atoms with Gasteiger partial charge in [0.05, 0.1) is 11.8 Å². The highest BCUT2D eigenvalue weighted by atomic mass is 35.5. The minimum Gasteiger partial charge on any atom is -0.478 e. The molecule has 7 nitrogen and oxygen atoms in total. The molecule has 31 heavy (non-hydrogen) atoms. The SMILES string of the molecule is CCCC1=C(C(=O)O)C(c2ccccc2Cl)c2cnn(C(=O)Nc3ccccc3)c2N1. The number of nitrogens with one attached hydrogen (secondary N) is 2. The summed E-state index contributed by atoms with van der Waals surface area (Å²) in [7, 11) is 0. The van der Waals surface area contributed by atoms with Gasteiger partial charge >= 0.3 is 12.0 Å². The van der Waals surface area contributed by atoms with Gasteiger partial charge in [0.1, 0.15) is 5.82 Å². The predicted molar refractivity (Wildman–Crippen MR) is 120 cm³/mol. The lowest BCUT2D eigenvalue weighted by atomic mass is 9.82. The molecule has 2 heterocycles. The number of hydrogen-bond donors (Lipinski definition) is 3.